The van der Waals surface area contributed by atoms with Crippen molar-refractivity contribution in [2.24, 2.45) is 5.10 Å². The lowest BCUT2D eigenvalue weighted by atomic mass is 10.0. The zero-order chi connectivity index (χ0) is 23.3. The minimum atomic E-state index is -3.49. The molecule has 0 unspecified atom stereocenters. The molecule has 1 fully saturated rings. The molecule has 1 aliphatic heterocycles. The quantitative estimate of drug-likeness (QED) is 0.334. The van der Waals surface area contributed by atoms with Crippen molar-refractivity contribution in [2.75, 3.05) is 18.5 Å². The van der Waals surface area contributed by atoms with Crippen LogP contribution in [0.25, 0.3) is 11.3 Å². The van der Waals surface area contributed by atoms with Gasteiger partial charge in [0.25, 0.3) is 0 Å². The highest BCUT2D eigenvalue weighted by Gasteiger charge is 2.25. The molecule has 33 heavy (non-hydrogen) atoms. The summed E-state index contributed by atoms with van der Waals surface area (Å²) in [6.45, 7) is 5.53. The molecule has 174 valence electrons. The van der Waals surface area contributed by atoms with Gasteiger partial charge < -0.3 is 0 Å². The molecule has 3 aromatic rings. The first-order valence-corrected chi connectivity index (χ1v) is 13.7. The Labute approximate surface area is 200 Å². The Balaban J connectivity index is 1.45. The van der Waals surface area contributed by atoms with Crippen LogP contribution < -0.4 is 5.43 Å². The number of hydrogen-bond donors (Lipinski definition) is 1. The third-order valence-electron chi connectivity index (χ3n) is 5.81. The van der Waals surface area contributed by atoms with Crippen molar-refractivity contribution in [3.8, 4) is 11.3 Å². The third kappa shape index (κ3) is 5.88. The number of hydrazone groups is 1. The third-order valence-corrected chi connectivity index (χ3v) is 8.46. The van der Waals surface area contributed by atoms with E-state index in [1.165, 1.54) is 16.9 Å². The minimum absolute atomic E-state index is 0.326. The predicted molar refractivity (Wildman–Crippen MR) is 137 cm³/mol. The fourth-order valence-electron chi connectivity index (χ4n) is 3.83. The van der Waals surface area contributed by atoms with E-state index in [1.807, 2.05) is 23.6 Å². The summed E-state index contributed by atoms with van der Waals surface area (Å²) >= 11 is 1.43. The van der Waals surface area contributed by atoms with Crippen LogP contribution in [0, 0.1) is 0 Å². The normalized spacial score (nSPS) is 15.7. The molecule has 0 amide bonds. The first-order valence-electron chi connectivity index (χ1n) is 11.4. The van der Waals surface area contributed by atoms with Gasteiger partial charge in [-0.2, -0.15) is 9.41 Å². The predicted octanol–water partition coefficient (Wildman–Crippen LogP) is 5.94. The lowest BCUT2D eigenvalue weighted by molar-refractivity contribution is 0.424. The lowest BCUT2D eigenvalue weighted by Crippen LogP contribution is -2.31. The molecule has 0 aliphatic carbocycles. The van der Waals surface area contributed by atoms with E-state index in [-0.39, 0.29) is 0 Å². The van der Waals surface area contributed by atoms with Crippen LogP contribution in [0.3, 0.4) is 0 Å². The van der Waals surface area contributed by atoms with E-state index in [0.717, 1.165) is 42.5 Å². The number of thiazole rings is 1. The van der Waals surface area contributed by atoms with Crippen molar-refractivity contribution in [3.63, 3.8) is 0 Å². The van der Waals surface area contributed by atoms with Gasteiger partial charge in [-0.3, -0.25) is 5.43 Å². The molecule has 0 bridgehead atoms. The van der Waals surface area contributed by atoms with E-state index in [0.29, 0.717) is 29.0 Å². The Morgan fingerprint density at radius 1 is 1.06 bits per heavy atom. The molecule has 2 aromatic carbocycles. The molecule has 0 spiro atoms. The molecule has 1 aliphatic rings. The van der Waals surface area contributed by atoms with Crippen LogP contribution >= 0.6 is 11.3 Å². The number of nitrogens with zero attached hydrogens (tertiary/aromatic N) is 3. The standard InChI is InChI=1S/C25H30N4O2S2/c1-19(2)21-12-10-20(11-13-21)17-26-28-25-27-24(18-32-25)22-8-7-9-23(16-22)33(30,31)29-14-5-3-4-6-15-29/h7-13,16-19H,3-6,14-15H2,1-2H3,(H,27,28). The molecular weight excluding hydrogens is 452 g/mol. The van der Waals surface area contributed by atoms with Gasteiger partial charge in [0, 0.05) is 24.0 Å². The van der Waals surface area contributed by atoms with Crippen LogP contribution in [-0.2, 0) is 10.0 Å². The number of benzene rings is 2. The minimum Gasteiger partial charge on any atom is -0.253 e. The Morgan fingerprint density at radius 3 is 2.48 bits per heavy atom. The molecule has 0 atom stereocenters. The van der Waals surface area contributed by atoms with E-state index in [9.17, 15) is 8.42 Å². The molecule has 6 nitrogen and oxygen atoms in total. The monoisotopic (exact) mass is 482 g/mol. The van der Waals surface area contributed by atoms with Gasteiger partial charge in [0.1, 0.15) is 0 Å². The lowest BCUT2D eigenvalue weighted by Gasteiger charge is -2.20. The maximum Gasteiger partial charge on any atom is 0.243 e. The van der Waals surface area contributed by atoms with E-state index in [2.05, 4.69) is 41.5 Å². The zero-order valence-corrected chi connectivity index (χ0v) is 20.7. The SMILES string of the molecule is CC(C)c1ccc(C=NNc2nc(-c3cccc(S(=O)(=O)N4CCCCCC4)c3)cs2)cc1. The first kappa shape index (κ1) is 23.6. The van der Waals surface area contributed by atoms with E-state index < -0.39 is 10.0 Å². The maximum atomic E-state index is 13.1. The van der Waals surface area contributed by atoms with Gasteiger partial charge in [0.15, 0.2) is 0 Å². The number of nitrogens with one attached hydrogen (secondary N) is 1. The van der Waals surface area contributed by atoms with Gasteiger partial charge >= 0.3 is 0 Å². The molecule has 1 aromatic heterocycles. The average molecular weight is 483 g/mol. The second kappa shape index (κ2) is 10.6. The number of hydrogen-bond acceptors (Lipinski definition) is 6. The number of aromatic nitrogens is 1. The summed E-state index contributed by atoms with van der Waals surface area (Å²) in [5.41, 5.74) is 6.79. The van der Waals surface area contributed by atoms with Crippen molar-refractivity contribution in [2.45, 2.75) is 50.3 Å². The summed E-state index contributed by atoms with van der Waals surface area (Å²) in [4.78, 5) is 4.91. The first-order chi connectivity index (χ1) is 15.9. The number of anilines is 1. The number of sulfonamides is 1. The van der Waals surface area contributed by atoms with Gasteiger partial charge in [-0.15, -0.1) is 11.3 Å². The van der Waals surface area contributed by atoms with Crippen molar-refractivity contribution in [1.82, 2.24) is 9.29 Å². The molecular formula is C25H30N4O2S2. The molecule has 4 rings (SSSR count). The maximum absolute atomic E-state index is 13.1. The highest BCUT2D eigenvalue weighted by atomic mass is 32.2. The summed E-state index contributed by atoms with van der Waals surface area (Å²) in [7, 11) is -3.49. The number of rotatable bonds is 7. The van der Waals surface area contributed by atoms with Crippen LogP contribution in [0.5, 0.6) is 0 Å². The highest BCUT2D eigenvalue weighted by molar-refractivity contribution is 7.89. The van der Waals surface area contributed by atoms with Gasteiger partial charge in [-0.05, 0) is 42.0 Å². The fourth-order valence-corrected chi connectivity index (χ4v) is 6.07. The van der Waals surface area contributed by atoms with Gasteiger partial charge in [-0.1, -0.05) is 63.1 Å². The molecule has 8 heteroatoms. The Kier molecular flexibility index (Phi) is 7.57. The second-order valence-corrected chi connectivity index (χ2v) is 11.4. The van der Waals surface area contributed by atoms with E-state index in [4.69, 9.17) is 0 Å². The summed E-state index contributed by atoms with van der Waals surface area (Å²) in [6, 6.07) is 15.4. The van der Waals surface area contributed by atoms with Gasteiger partial charge in [-0.25, -0.2) is 13.4 Å². The molecule has 1 saturated heterocycles. The summed E-state index contributed by atoms with van der Waals surface area (Å²) < 4.78 is 27.9. The van der Waals surface area contributed by atoms with Crippen molar-refractivity contribution in [1.29, 1.82) is 0 Å². The van der Waals surface area contributed by atoms with Crippen LogP contribution in [0.2, 0.25) is 0 Å². The Hall–Kier alpha value is -2.55. The molecule has 0 saturated carbocycles. The van der Waals surface area contributed by atoms with Gasteiger partial charge in [0.05, 0.1) is 16.8 Å². The van der Waals surface area contributed by atoms with Crippen LogP contribution in [0.4, 0.5) is 5.13 Å². The summed E-state index contributed by atoms with van der Waals surface area (Å²) in [6.07, 6.45) is 5.78. The van der Waals surface area contributed by atoms with Crippen LogP contribution in [-0.4, -0.2) is 37.0 Å². The van der Waals surface area contributed by atoms with E-state index >= 15 is 0 Å². The fraction of sp³-hybridized carbons (Fsp3) is 0.360. The van der Waals surface area contributed by atoms with E-state index in [1.54, 1.807) is 28.7 Å². The molecule has 0 radical (unpaired) electrons. The Morgan fingerprint density at radius 2 is 1.79 bits per heavy atom. The van der Waals surface area contributed by atoms with Crippen molar-refractivity contribution in [3.05, 3.63) is 65.0 Å². The smallest absolute Gasteiger partial charge is 0.243 e. The van der Waals surface area contributed by atoms with Gasteiger partial charge in [0.2, 0.25) is 15.2 Å². The molecule has 2 heterocycles. The average Bonchev–Trinajstić information content (AvgIpc) is 3.11. The molecule has 1 N–H and O–H groups in total. The topological polar surface area (TPSA) is 74.7 Å². The van der Waals surface area contributed by atoms with Crippen LogP contribution in [0.1, 0.15) is 56.6 Å². The van der Waals surface area contributed by atoms with Crippen molar-refractivity contribution >= 4 is 32.7 Å². The van der Waals surface area contributed by atoms with Crippen LogP contribution in [0.15, 0.2) is 63.9 Å². The zero-order valence-electron chi connectivity index (χ0n) is 19.1. The Bertz CT molecular complexity index is 1190. The second-order valence-electron chi connectivity index (χ2n) is 8.58. The summed E-state index contributed by atoms with van der Waals surface area (Å²) in [5.74, 6) is 0.501. The van der Waals surface area contributed by atoms with Crippen molar-refractivity contribution < 1.29 is 8.42 Å². The highest BCUT2D eigenvalue weighted by Crippen LogP contribution is 2.28. The summed E-state index contributed by atoms with van der Waals surface area (Å²) in [5, 5.41) is 6.85. The largest absolute Gasteiger partial charge is 0.253 e.